The number of aryl methyl sites for hydroxylation is 1. The fourth-order valence-corrected chi connectivity index (χ4v) is 3.90. The summed E-state index contributed by atoms with van der Waals surface area (Å²) in [4.78, 5) is 0. The Kier molecular flexibility index (Phi) is 3.95. The molecule has 1 fully saturated rings. The van der Waals surface area contributed by atoms with Gasteiger partial charge in [0.05, 0.1) is 17.6 Å². The maximum Gasteiger partial charge on any atom is 0.152 e. The summed E-state index contributed by atoms with van der Waals surface area (Å²) in [5, 5.41) is -0.224. The van der Waals surface area contributed by atoms with Gasteiger partial charge in [-0.1, -0.05) is 17.7 Å². The molecule has 1 heterocycles. The van der Waals surface area contributed by atoms with Gasteiger partial charge in [0.25, 0.3) is 0 Å². The van der Waals surface area contributed by atoms with Crippen LogP contribution < -0.4 is 4.74 Å². The molecule has 2 unspecified atom stereocenters. The van der Waals surface area contributed by atoms with Gasteiger partial charge in [-0.2, -0.15) is 0 Å². The van der Waals surface area contributed by atoms with E-state index in [9.17, 15) is 8.42 Å². The summed E-state index contributed by atoms with van der Waals surface area (Å²) < 4.78 is 28.9. The van der Waals surface area contributed by atoms with E-state index >= 15 is 0 Å². The first kappa shape index (κ1) is 13.4. The zero-order valence-electron chi connectivity index (χ0n) is 10.9. The first-order valence-electron chi connectivity index (χ1n) is 6.38. The lowest BCUT2D eigenvalue weighted by Crippen LogP contribution is -2.33. The predicted molar refractivity (Wildman–Crippen MR) is 72.6 cm³/mol. The zero-order valence-corrected chi connectivity index (χ0v) is 11.7. The molecule has 0 N–H and O–H groups in total. The topological polar surface area (TPSA) is 43.4 Å². The van der Waals surface area contributed by atoms with Crippen LogP contribution in [0.3, 0.4) is 0 Å². The number of sulfone groups is 1. The maximum absolute atomic E-state index is 11.6. The van der Waals surface area contributed by atoms with E-state index < -0.39 is 9.84 Å². The number of benzene rings is 1. The Morgan fingerprint density at radius 2 is 1.94 bits per heavy atom. The lowest BCUT2D eigenvalue weighted by atomic mass is 10.0. The molecule has 18 heavy (non-hydrogen) atoms. The van der Waals surface area contributed by atoms with E-state index in [1.165, 1.54) is 5.56 Å². The second-order valence-corrected chi connectivity index (χ2v) is 7.73. The molecular formula is C14H20O3S. The molecule has 1 aliphatic heterocycles. The van der Waals surface area contributed by atoms with Crippen LogP contribution in [-0.4, -0.2) is 26.0 Å². The lowest BCUT2D eigenvalue weighted by Gasteiger charge is -2.26. The highest BCUT2D eigenvalue weighted by Crippen LogP contribution is 2.25. The molecule has 1 saturated heterocycles. The van der Waals surface area contributed by atoms with E-state index in [0.717, 1.165) is 12.2 Å². The van der Waals surface area contributed by atoms with E-state index in [-0.39, 0.29) is 5.25 Å². The van der Waals surface area contributed by atoms with Gasteiger partial charge in [-0.05, 0) is 44.7 Å². The van der Waals surface area contributed by atoms with Crippen molar-refractivity contribution in [3.63, 3.8) is 0 Å². The highest BCUT2D eigenvalue weighted by molar-refractivity contribution is 7.92. The SMILES string of the molecule is Cc1ccc(OCC2CCS(=O)(=O)C(C)C2)cc1. The first-order valence-corrected chi connectivity index (χ1v) is 8.10. The average molecular weight is 268 g/mol. The normalized spacial score (nSPS) is 26.8. The number of hydrogen-bond acceptors (Lipinski definition) is 3. The van der Waals surface area contributed by atoms with Crippen LogP contribution in [0.5, 0.6) is 5.75 Å². The van der Waals surface area contributed by atoms with E-state index in [1.54, 1.807) is 6.92 Å². The monoisotopic (exact) mass is 268 g/mol. The summed E-state index contributed by atoms with van der Waals surface area (Å²) in [6.45, 7) is 4.45. The van der Waals surface area contributed by atoms with Crippen molar-refractivity contribution in [1.82, 2.24) is 0 Å². The van der Waals surface area contributed by atoms with Crippen LogP contribution >= 0.6 is 0 Å². The third-order valence-electron chi connectivity index (χ3n) is 3.60. The molecule has 4 heteroatoms. The molecule has 2 atom stereocenters. The van der Waals surface area contributed by atoms with E-state index in [0.29, 0.717) is 24.7 Å². The van der Waals surface area contributed by atoms with Crippen LogP contribution in [0, 0.1) is 12.8 Å². The van der Waals surface area contributed by atoms with Gasteiger partial charge in [0.1, 0.15) is 5.75 Å². The number of hydrogen-bond donors (Lipinski definition) is 0. The Morgan fingerprint density at radius 3 is 2.56 bits per heavy atom. The molecular weight excluding hydrogens is 248 g/mol. The van der Waals surface area contributed by atoms with Gasteiger partial charge in [0.15, 0.2) is 9.84 Å². The molecule has 0 aliphatic carbocycles. The van der Waals surface area contributed by atoms with Gasteiger partial charge in [-0.3, -0.25) is 0 Å². The molecule has 1 aliphatic rings. The standard InChI is InChI=1S/C14H20O3S/c1-11-3-5-14(6-4-11)17-10-13-7-8-18(15,16)12(2)9-13/h3-6,12-13H,7-10H2,1-2H3. The average Bonchev–Trinajstić information content (AvgIpc) is 2.33. The maximum atomic E-state index is 11.6. The molecule has 0 bridgehead atoms. The predicted octanol–water partition coefficient (Wildman–Crippen LogP) is 2.59. The van der Waals surface area contributed by atoms with Crippen molar-refractivity contribution in [3.8, 4) is 5.75 Å². The number of ether oxygens (including phenoxy) is 1. The summed E-state index contributed by atoms with van der Waals surface area (Å²) in [6, 6.07) is 7.95. The van der Waals surface area contributed by atoms with Crippen LogP contribution in [0.2, 0.25) is 0 Å². The van der Waals surface area contributed by atoms with Crippen molar-refractivity contribution >= 4 is 9.84 Å². The van der Waals surface area contributed by atoms with E-state index in [2.05, 4.69) is 0 Å². The molecule has 0 saturated carbocycles. The molecule has 0 aromatic heterocycles. The second-order valence-electron chi connectivity index (χ2n) is 5.19. The van der Waals surface area contributed by atoms with E-state index in [1.807, 2.05) is 31.2 Å². The van der Waals surface area contributed by atoms with Crippen molar-refractivity contribution in [2.24, 2.45) is 5.92 Å². The van der Waals surface area contributed by atoms with Crippen LogP contribution in [0.4, 0.5) is 0 Å². The Bertz CT molecular complexity index is 490. The fourth-order valence-electron chi connectivity index (χ4n) is 2.27. The fraction of sp³-hybridized carbons (Fsp3) is 0.571. The van der Waals surface area contributed by atoms with Gasteiger partial charge in [0.2, 0.25) is 0 Å². The summed E-state index contributed by atoms with van der Waals surface area (Å²) >= 11 is 0. The minimum absolute atomic E-state index is 0.224. The molecule has 3 nitrogen and oxygen atoms in total. The van der Waals surface area contributed by atoms with Gasteiger partial charge < -0.3 is 4.74 Å². The molecule has 0 spiro atoms. The largest absolute Gasteiger partial charge is 0.493 e. The molecule has 100 valence electrons. The van der Waals surface area contributed by atoms with Crippen LogP contribution in [-0.2, 0) is 9.84 Å². The third kappa shape index (κ3) is 3.25. The minimum atomic E-state index is -2.84. The second kappa shape index (κ2) is 5.31. The Labute approximate surface area is 109 Å². The Balaban J connectivity index is 1.87. The van der Waals surface area contributed by atoms with Crippen LogP contribution in [0.15, 0.2) is 24.3 Å². The van der Waals surface area contributed by atoms with Crippen molar-refractivity contribution < 1.29 is 13.2 Å². The first-order chi connectivity index (χ1) is 8.47. The van der Waals surface area contributed by atoms with Gasteiger partial charge >= 0.3 is 0 Å². The smallest absolute Gasteiger partial charge is 0.152 e. The van der Waals surface area contributed by atoms with Crippen molar-refractivity contribution in [1.29, 1.82) is 0 Å². The van der Waals surface area contributed by atoms with Gasteiger partial charge in [-0.25, -0.2) is 8.42 Å². The van der Waals surface area contributed by atoms with Crippen molar-refractivity contribution in [2.45, 2.75) is 31.9 Å². The highest BCUT2D eigenvalue weighted by atomic mass is 32.2. The lowest BCUT2D eigenvalue weighted by molar-refractivity contribution is 0.231. The Hall–Kier alpha value is -1.03. The van der Waals surface area contributed by atoms with E-state index in [4.69, 9.17) is 4.74 Å². The quantitative estimate of drug-likeness (QED) is 0.846. The summed E-state index contributed by atoms with van der Waals surface area (Å²) in [5.41, 5.74) is 1.21. The molecule has 1 aromatic carbocycles. The summed E-state index contributed by atoms with van der Waals surface area (Å²) in [5.74, 6) is 1.52. The minimum Gasteiger partial charge on any atom is -0.493 e. The molecule has 0 amide bonds. The van der Waals surface area contributed by atoms with Gasteiger partial charge in [-0.15, -0.1) is 0 Å². The number of rotatable bonds is 3. The van der Waals surface area contributed by atoms with Crippen molar-refractivity contribution in [3.05, 3.63) is 29.8 Å². The Morgan fingerprint density at radius 1 is 1.28 bits per heavy atom. The summed E-state index contributed by atoms with van der Waals surface area (Å²) in [7, 11) is -2.84. The van der Waals surface area contributed by atoms with Crippen LogP contribution in [0.1, 0.15) is 25.3 Å². The molecule has 2 rings (SSSR count). The highest BCUT2D eigenvalue weighted by Gasteiger charge is 2.30. The molecule has 0 radical (unpaired) electrons. The third-order valence-corrected chi connectivity index (χ3v) is 5.82. The van der Waals surface area contributed by atoms with Gasteiger partial charge in [0, 0.05) is 0 Å². The van der Waals surface area contributed by atoms with Crippen molar-refractivity contribution in [2.75, 3.05) is 12.4 Å². The van der Waals surface area contributed by atoms with Crippen LogP contribution in [0.25, 0.3) is 0 Å². The molecule has 1 aromatic rings. The zero-order chi connectivity index (χ0) is 13.2. The summed E-state index contributed by atoms with van der Waals surface area (Å²) in [6.07, 6.45) is 1.44.